The molecule has 6 rings (SSSR count). The Morgan fingerprint density at radius 2 is 1.89 bits per heavy atom. The molecule has 2 aromatic heterocycles. The number of aromatic nitrogens is 2. The highest BCUT2D eigenvalue weighted by Crippen LogP contribution is 2.55. The van der Waals surface area contributed by atoms with Crippen molar-refractivity contribution in [1.82, 2.24) is 9.97 Å². The molecule has 230 valence electrons. The number of pyridine rings is 2. The van der Waals surface area contributed by atoms with Gasteiger partial charge in [-0.1, -0.05) is 6.58 Å². The summed E-state index contributed by atoms with van der Waals surface area (Å²) in [5.74, 6) is -3.49. The molecule has 2 N–H and O–H groups in total. The fraction of sp³-hybridized carbons (Fsp3) is 0.355. The molecule has 1 spiro atoms. The number of hydrogen-bond acceptors (Lipinski definition) is 9. The van der Waals surface area contributed by atoms with Crippen LogP contribution in [0.4, 0.5) is 37.3 Å². The lowest BCUT2D eigenvalue weighted by atomic mass is 9.86. The van der Waals surface area contributed by atoms with Crippen molar-refractivity contribution in [2.75, 3.05) is 54.4 Å². The van der Waals surface area contributed by atoms with Gasteiger partial charge in [-0.15, -0.1) is 0 Å². The van der Waals surface area contributed by atoms with Crippen LogP contribution in [0.1, 0.15) is 30.9 Å². The number of rotatable bonds is 8. The van der Waals surface area contributed by atoms with E-state index >= 15 is 8.78 Å². The molecular formula is C31H32F2N6O5. The molecule has 3 aromatic rings. The Kier molecular flexibility index (Phi) is 7.58. The molecule has 2 fully saturated rings. The van der Waals surface area contributed by atoms with Crippen molar-refractivity contribution in [1.29, 1.82) is 0 Å². The van der Waals surface area contributed by atoms with Crippen LogP contribution in [-0.2, 0) is 26.3 Å². The second-order valence-corrected chi connectivity index (χ2v) is 11.0. The lowest BCUT2D eigenvalue weighted by Gasteiger charge is -2.35. The molecule has 1 aromatic carbocycles. The van der Waals surface area contributed by atoms with Gasteiger partial charge in [-0.05, 0) is 61.2 Å². The normalized spacial score (nSPS) is 18.5. The first-order chi connectivity index (χ1) is 21.2. The van der Waals surface area contributed by atoms with Crippen molar-refractivity contribution in [2.24, 2.45) is 0 Å². The van der Waals surface area contributed by atoms with Crippen LogP contribution in [0.25, 0.3) is 0 Å². The maximum atomic E-state index is 15.3. The first kappa shape index (κ1) is 29.3. The van der Waals surface area contributed by atoms with Gasteiger partial charge in [-0.3, -0.25) is 9.59 Å². The van der Waals surface area contributed by atoms with Crippen LogP contribution >= 0.6 is 0 Å². The van der Waals surface area contributed by atoms with Gasteiger partial charge in [-0.25, -0.2) is 4.98 Å². The number of carbonyl (C=O) groups excluding carboxylic acids is 2. The Bertz CT molecular complexity index is 1630. The molecule has 3 aliphatic rings. The maximum Gasteiger partial charge on any atom is 0.255 e. The lowest BCUT2D eigenvalue weighted by Crippen LogP contribution is -2.45. The van der Waals surface area contributed by atoms with Crippen molar-refractivity contribution in [3.8, 4) is 11.8 Å². The fourth-order valence-electron chi connectivity index (χ4n) is 5.88. The molecule has 13 heteroatoms. The molecule has 2 amide bonds. The van der Waals surface area contributed by atoms with Crippen LogP contribution in [0.2, 0.25) is 0 Å². The standard InChI is InChI=1S/C31H32F2N6O5/c1-5-24(40)36-22-12-19(38-10-11-44-16-17(38)2)6-7-21(22)35-23-13-20-18(14-34-23)15-39(30(41)31(20)8-9-31)27-25(32)28(42-3)37-29(43-4)26(27)33/h5-7,12-14,17H,1,8-11,15-16H2,2-4H3,(H,34,35)(H,36,40). The summed E-state index contributed by atoms with van der Waals surface area (Å²) in [6.07, 6.45) is 3.80. The van der Waals surface area contributed by atoms with Gasteiger partial charge in [0.2, 0.25) is 23.4 Å². The predicted octanol–water partition coefficient (Wildman–Crippen LogP) is 4.44. The Balaban J connectivity index is 1.34. The minimum Gasteiger partial charge on any atom is -0.479 e. The summed E-state index contributed by atoms with van der Waals surface area (Å²) in [7, 11) is 2.40. The lowest BCUT2D eigenvalue weighted by molar-refractivity contribution is -0.121. The first-order valence-electron chi connectivity index (χ1n) is 14.2. The number of morpholine rings is 1. The second-order valence-electron chi connectivity index (χ2n) is 11.0. The number of methoxy groups -OCH3 is 2. The number of benzene rings is 1. The van der Waals surface area contributed by atoms with Gasteiger partial charge in [0.1, 0.15) is 11.5 Å². The van der Waals surface area contributed by atoms with Crippen LogP contribution < -0.4 is 29.9 Å². The van der Waals surface area contributed by atoms with E-state index in [0.717, 1.165) is 22.7 Å². The summed E-state index contributed by atoms with van der Waals surface area (Å²) >= 11 is 0. The van der Waals surface area contributed by atoms with Crippen molar-refractivity contribution >= 4 is 40.4 Å². The summed E-state index contributed by atoms with van der Waals surface area (Å²) in [5.41, 5.74) is 1.90. The van der Waals surface area contributed by atoms with Crippen molar-refractivity contribution in [3.05, 3.63) is 65.9 Å². The first-order valence-corrected chi connectivity index (χ1v) is 14.2. The van der Waals surface area contributed by atoms with Gasteiger partial charge in [0, 0.05) is 24.5 Å². The van der Waals surface area contributed by atoms with Gasteiger partial charge in [-0.2, -0.15) is 13.8 Å². The van der Waals surface area contributed by atoms with E-state index in [9.17, 15) is 9.59 Å². The molecule has 1 unspecified atom stereocenters. The number of carbonyl (C=O) groups is 2. The SMILES string of the molecule is C=CC(=O)Nc1cc(N2CCOCC2C)ccc1Nc1cc2c(cn1)CN(c1c(F)c(OC)nc(OC)c1F)C(=O)C21CC1. The van der Waals surface area contributed by atoms with E-state index in [-0.39, 0.29) is 18.5 Å². The van der Waals surface area contributed by atoms with E-state index in [4.69, 9.17) is 14.2 Å². The number of nitrogens with zero attached hydrogens (tertiary/aromatic N) is 4. The van der Waals surface area contributed by atoms with E-state index in [1.165, 1.54) is 20.3 Å². The Morgan fingerprint density at radius 1 is 1.16 bits per heavy atom. The Hall–Kier alpha value is -4.78. The molecule has 11 nitrogen and oxygen atoms in total. The summed E-state index contributed by atoms with van der Waals surface area (Å²) < 4.78 is 46.2. The third-order valence-corrected chi connectivity index (χ3v) is 8.29. The molecule has 1 atom stereocenters. The van der Waals surface area contributed by atoms with Crippen LogP contribution in [0, 0.1) is 11.6 Å². The summed E-state index contributed by atoms with van der Waals surface area (Å²) in [6, 6.07) is 7.64. The van der Waals surface area contributed by atoms with Crippen molar-refractivity contribution < 1.29 is 32.6 Å². The molecule has 44 heavy (non-hydrogen) atoms. The Morgan fingerprint density at radius 3 is 2.52 bits per heavy atom. The topological polar surface area (TPSA) is 118 Å². The molecule has 2 aliphatic heterocycles. The molecule has 0 radical (unpaired) electrons. The monoisotopic (exact) mass is 606 g/mol. The van der Waals surface area contributed by atoms with Crippen molar-refractivity contribution in [3.63, 3.8) is 0 Å². The molecule has 4 heterocycles. The maximum absolute atomic E-state index is 15.3. The number of ether oxygens (including phenoxy) is 3. The molecule has 1 saturated carbocycles. The van der Waals surface area contributed by atoms with Crippen LogP contribution in [0.3, 0.4) is 0 Å². The van der Waals surface area contributed by atoms with E-state index in [2.05, 4.69) is 39.0 Å². The third kappa shape index (κ3) is 4.96. The van der Waals surface area contributed by atoms with Crippen LogP contribution in [-0.4, -0.2) is 61.8 Å². The third-order valence-electron chi connectivity index (χ3n) is 8.29. The minimum absolute atomic E-state index is 0.111. The Labute approximate surface area is 252 Å². The largest absolute Gasteiger partial charge is 0.479 e. The highest BCUT2D eigenvalue weighted by Gasteiger charge is 2.57. The molecule has 1 aliphatic carbocycles. The van der Waals surface area contributed by atoms with Gasteiger partial charge >= 0.3 is 0 Å². The average Bonchev–Trinajstić information content (AvgIpc) is 3.83. The minimum atomic E-state index is -1.09. The number of fused-ring (bicyclic) bond motifs is 2. The highest BCUT2D eigenvalue weighted by atomic mass is 19.1. The van der Waals surface area contributed by atoms with Gasteiger partial charge in [0.15, 0.2) is 0 Å². The van der Waals surface area contributed by atoms with E-state index in [1.54, 1.807) is 12.3 Å². The summed E-state index contributed by atoms with van der Waals surface area (Å²) in [5, 5.41) is 6.14. The number of anilines is 5. The molecule has 0 bridgehead atoms. The predicted molar refractivity (Wildman–Crippen MR) is 160 cm³/mol. The summed E-state index contributed by atoms with van der Waals surface area (Å²) in [4.78, 5) is 37.7. The van der Waals surface area contributed by atoms with E-state index in [0.29, 0.717) is 48.8 Å². The van der Waals surface area contributed by atoms with Crippen molar-refractivity contribution in [2.45, 2.75) is 37.8 Å². The number of hydrogen-bond donors (Lipinski definition) is 2. The quantitative estimate of drug-likeness (QED) is 0.359. The van der Waals surface area contributed by atoms with Crippen LogP contribution in [0.15, 0.2) is 43.1 Å². The van der Waals surface area contributed by atoms with Gasteiger partial charge < -0.3 is 34.6 Å². The van der Waals surface area contributed by atoms with Gasteiger partial charge in [0.05, 0.1) is 50.8 Å². The highest BCUT2D eigenvalue weighted by molar-refractivity contribution is 6.06. The van der Waals surface area contributed by atoms with Crippen LogP contribution in [0.5, 0.6) is 11.8 Å². The summed E-state index contributed by atoms with van der Waals surface area (Å²) in [6.45, 7) is 7.45. The van der Waals surface area contributed by atoms with E-state index < -0.39 is 40.4 Å². The van der Waals surface area contributed by atoms with Gasteiger partial charge in [0.25, 0.3) is 11.8 Å². The molecule has 1 saturated heterocycles. The molecular weight excluding hydrogens is 574 g/mol. The zero-order valence-electron chi connectivity index (χ0n) is 24.6. The number of amides is 2. The smallest absolute Gasteiger partial charge is 0.255 e. The average molecular weight is 607 g/mol. The zero-order chi connectivity index (χ0) is 31.2. The second kappa shape index (κ2) is 11.4. The fourth-order valence-corrected chi connectivity index (χ4v) is 5.88. The zero-order valence-corrected chi connectivity index (χ0v) is 24.6. The number of nitrogens with one attached hydrogen (secondary N) is 2. The van der Waals surface area contributed by atoms with E-state index in [1.807, 2.05) is 18.2 Å². The number of halogens is 2.